The zero-order valence-corrected chi connectivity index (χ0v) is 15.3. The topological polar surface area (TPSA) is 47.4 Å². The molecule has 3 aromatic rings. The fourth-order valence-corrected chi connectivity index (χ4v) is 2.76. The Hall–Kier alpha value is -3.08. The predicted octanol–water partition coefficient (Wildman–Crippen LogP) is 3.52. The van der Waals surface area contributed by atoms with Gasteiger partial charge in [0.05, 0.1) is 13.7 Å². The molecule has 3 rings (SSSR count). The summed E-state index contributed by atoms with van der Waals surface area (Å²) in [5, 5.41) is 0. The number of rotatable bonds is 6. The molecule has 0 fully saturated rings. The van der Waals surface area contributed by atoms with Gasteiger partial charge in [0, 0.05) is 31.5 Å². The van der Waals surface area contributed by atoms with Crippen molar-refractivity contribution in [3.05, 3.63) is 83.4 Å². The number of carbonyl (C=O) groups excluding carboxylic acids is 1. The number of nitrogens with zero attached hydrogens (tertiary/aromatic N) is 3. The minimum absolute atomic E-state index is 0.0102. The zero-order chi connectivity index (χ0) is 18.5. The molecule has 0 bridgehead atoms. The maximum absolute atomic E-state index is 12.6. The monoisotopic (exact) mass is 349 g/mol. The number of aromatic nitrogens is 2. The lowest BCUT2D eigenvalue weighted by molar-refractivity contribution is 0.0780. The lowest BCUT2D eigenvalue weighted by atomic mass is 10.1. The first-order chi connectivity index (χ1) is 12.6. The molecule has 2 aromatic carbocycles. The molecule has 0 atom stereocenters. The molecular formula is C21H23N3O2. The van der Waals surface area contributed by atoms with Gasteiger partial charge in [0.1, 0.15) is 11.6 Å². The van der Waals surface area contributed by atoms with Crippen LogP contribution in [0.25, 0.3) is 0 Å². The molecule has 0 unspecified atom stereocenters. The van der Waals surface area contributed by atoms with Crippen molar-refractivity contribution >= 4 is 5.91 Å². The average Bonchev–Trinajstić information content (AvgIpc) is 3.09. The number of imidazole rings is 1. The molecule has 0 aliphatic rings. The van der Waals surface area contributed by atoms with Crippen molar-refractivity contribution in [2.24, 2.45) is 0 Å². The van der Waals surface area contributed by atoms with E-state index in [9.17, 15) is 4.79 Å². The molecule has 0 aliphatic carbocycles. The van der Waals surface area contributed by atoms with Gasteiger partial charge in [-0.15, -0.1) is 0 Å². The lowest BCUT2D eigenvalue weighted by Crippen LogP contribution is -2.27. The molecule has 1 amide bonds. The van der Waals surface area contributed by atoms with Crippen LogP contribution in [-0.4, -0.2) is 34.5 Å². The SMILES string of the molecule is COc1ccc(Cn2ccnc2CN(C)C(=O)c2ccc(C)cc2)cc1. The van der Waals surface area contributed by atoms with Gasteiger partial charge in [0.25, 0.3) is 5.91 Å². The Bertz CT molecular complexity index is 867. The first-order valence-electron chi connectivity index (χ1n) is 8.52. The fraction of sp³-hybridized carbons (Fsp3) is 0.238. The molecule has 0 N–H and O–H groups in total. The van der Waals surface area contributed by atoms with Gasteiger partial charge >= 0.3 is 0 Å². The second-order valence-electron chi connectivity index (χ2n) is 6.35. The van der Waals surface area contributed by atoms with Crippen molar-refractivity contribution in [2.45, 2.75) is 20.0 Å². The first-order valence-corrected chi connectivity index (χ1v) is 8.52. The van der Waals surface area contributed by atoms with Crippen LogP contribution in [0.5, 0.6) is 5.75 Å². The van der Waals surface area contributed by atoms with Crippen molar-refractivity contribution < 1.29 is 9.53 Å². The van der Waals surface area contributed by atoms with E-state index in [4.69, 9.17) is 4.74 Å². The van der Waals surface area contributed by atoms with Crippen molar-refractivity contribution in [1.82, 2.24) is 14.5 Å². The Labute approximate surface area is 153 Å². The third kappa shape index (κ3) is 4.11. The first kappa shape index (κ1) is 17.7. The van der Waals surface area contributed by atoms with E-state index < -0.39 is 0 Å². The number of carbonyl (C=O) groups is 1. The van der Waals surface area contributed by atoms with Crippen LogP contribution >= 0.6 is 0 Å². The van der Waals surface area contributed by atoms with Gasteiger partial charge in [0.2, 0.25) is 0 Å². The van der Waals surface area contributed by atoms with Gasteiger partial charge in [0.15, 0.2) is 0 Å². The van der Waals surface area contributed by atoms with Crippen LogP contribution in [0.1, 0.15) is 27.3 Å². The van der Waals surface area contributed by atoms with Crippen LogP contribution in [0.2, 0.25) is 0 Å². The summed E-state index contributed by atoms with van der Waals surface area (Å²) in [5.41, 5.74) is 2.98. The normalized spacial score (nSPS) is 10.6. The number of hydrogen-bond acceptors (Lipinski definition) is 3. The predicted molar refractivity (Wildman–Crippen MR) is 101 cm³/mol. The highest BCUT2D eigenvalue weighted by molar-refractivity contribution is 5.94. The maximum atomic E-state index is 12.6. The molecule has 0 saturated heterocycles. The highest BCUT2D eigenvalue weighted by Crippen LogP contribution is 2.14. The molecule has 0 spiro atoms. The van der Waals surface area contributed by atoms with Crippen molar-refractivity contribution in [3.63, 3.8) is 0 Å². The molecule has 1 heterocycles. The Balaban J connectivity index is 1.69. The lowest BCUT2D eigenvalue weighted by Gasteiger charge is -2.18. The summed E-state index contributed by atoms with van der Waals surface area (Å²) in [6, 6.07) is 15.6. The van der Waals surface area contributed by atoms with Crippen LogP contribution in [0.3, 0.4) is 0 Å². The van der Waals surface area contributed by atoms with Gasteiger partial charge < -0.3 is 14.2 Å². The summed E-state index contributed by atoms with van der Waals surface area (Å²) in [7, 11) is 3.46. The van der Waals surface area contributed by atoms with Crippen molar-refractivity contribution in [1.29, 1.82) is 0 Å². The molecule has 26 heavy (non-hydrogen) atoms. The van der Waals surface area contributed by atoms with Gasteiger partial charge in [-0.2, -0.15) is 0 Å². The maximum Gasteiger partial charge on any atom is 0.253 e. The van der Waals surface area contributed by atoms with E-state index in [0.717, 1.165) is 22.7 Å². The molecule has 0 aliphatic heterocycles. The number of aryl methyl sites for hydroxylation is 1. The summed E-state index contributed by atoms with van der Waals surface area (Å²) >= 11 is 0. The van der Waals surface area contributed by atoms with E-state index >= 15 is 0 Å². The summed E-state index contributed by atoms with van der Waals surface area (Å²) in [6.45, 7) is 3.16. The Morgan fingerprint density at radius 3 is 2.46 bits per heavy atom. The van der Waals surface area contributed by atoms with E-state index in [1.54, 1.807) is 25.3 Å². The number of methoxy groups -OCH3 is 1. The summed E-state index contributed by atoms with van der Waals surface area (Å²) < 4.78 is 7.25. The van der Waals surface area contributed by atoms with Gasteiger partial charge in [-0.3, -0.25) is 4.79 Å². The third-order valence-corrected chi connectivity index (χ3v) is 4.34. The fourth-order valence-electron chi connectivity index (χ4n) is 2.76. The molecule has 0 radical (unpaired) electrons. The van der Waals surface area contributed by atoms with Crippen LogP contribution in [0, 0.1) is 6.92 Å². The second-order valence-corrected chi connectivity index (χ2v) is 6.35. The van der Waals surface area contributed by atoms with Crippen molar-refractivity contribution in [2.75, 3.05) is 14.2 Å². The summed E-state index contributed by atoms with van der Waals surface area (Å²) in [6.07, 6.45) is 3.70. The van der Waals surface area contributed by atoms with Crippen molar-refractivity contribution in [3.8, 4) is 5.75 Å². The number of benzene rings is 2. The Morgan fingerprint density at radius 1 is 1.12 bits per heavy atom. The smallest absolute Gasteiger partial charge is 0.253 e. The molecule has 5 heteroatoms. The standard InChI is InChI=1S/C21H23N3O2/c1-16-4-8-18(9-5-16)21(25)23(2)15-20-22-12-13-24(20)14-17-6-10-19(26-3)11-7-17/h4-13H,14-15H2,1-3H3. The second kappa shape index (κ2) is 7.87. The van der Waals surface area contributed by atoms with E-state index in [0.29, 0.717) is 18.7 Å². The molecular weight excluding hydrogens is 326 g/mol. The van der Waals surface area contributed by atoms with E-state index in [2.05, 4.69) is 9.55 Å². The third-order valence-electron chi connectivity index (χ3n) is 4.34. The highest BCUT2D eigenvalue weighted by atomic mass is 16.5. The van der Waals surface area contributed by atoms with E-state index in [-0.39, 0.29) is 5.91 Å². The highest BCUT2D eigenvalue weighted by Gasteiger charge is 2.14. The minimum Gasteiger partial charge on any atom is -0.497 e. The summed E-state index contributed by atoms with van der Waals surface area (Å²) in [4.78, 5) is 18.7. The van der Waals surface area contributed by atoms with Crippen LogP contribution in [0.4, 0.5) is 0 Å². The number of hydrogen-bond donors (Lipinski definition) is 0. The quantitative estimate of drug-likeness (QED) is 0.684. The number of ether oxygens (including phenoxy) is 1. The van der Waals surface area contributed by atoms with Gasteiger partial charge in [-0.1, -0.05) is 29.8 Å². The van der Waals surface area contributed by atoms with Crippen LogP contribution in [0.15, 0.2) is 60.9 Å². The molecule has 5 nitrogen and oxygen atoms in total. The van der Waals surface area contributed by atoms with E-state index in [1.807, 2.05) is 61.7 Å². The average molecular weight is 349 g/mol. The molecule has 0 saturated carbocycles. The Kier molecular flexibility index (Phi) is 5.37. The van der Waals surface area contributed by atoms with Gasteiger partial charge in [-0.25, -0.2) is 4.98 Å². The van der Waals surface area contributed by atoms with Crippen LogP contribution < -0.4 is 4.74 Å². The zero-order valence-electron chi connectivity index (χ0n) is 15.3. The molecule has 134 valence electrons. The van der Waals surface area contributed by atoms with Gasteiger partial charge in [-0.05, 0) is 36.8 Å². The van der Waals surface area contributed by atoms with Crippen LogP contribution in [-0.2, 0) is 13.1 Å². The number of amides is 1. The summed E-state index contributed by atoms with van der Waals surface area (Å²) in [5.74, 6) is 1.68. The minimum atomic E-state index is -0.0102. The van der Waals surface area contributed by atoms with E-state index in [1.165, 1.54) is 0 Å². The largest absolute Gasteiger partial charge is 0.497 e. The molecule has 1 aromatic heterocycles. The Morgan fingerprint density at radius 2 is 1.81 bits per heavy atom.